The van der Waals surface area contributed by atoms with Crippen LogP contribution in [0.15, 0.2) is 39.5 Å². The van der Waals surface area contributed by atoms with Crippen LogP contribution < -0.4 is 5.43 Å². The molecule has 1 heterocycles. The Morgan fingerprint density at radius 2 is 1.32 bits per heavy atom. The fourth-order valence-electron chi connectivity index (χ4n) is 3.01. The molecule has 0 radical (unpaired) electrons. The minimum Gasteiger partial charge on any atom is -0.455 e. The summed E-state index contributed by atoms with van der Waals surface area (Å²) in [6.07, 6.45) is 0. The molecule has 0 saturated carbocycles. The third kappa shape index (κ3) is 1.98. The second kappa shape index (κ2) is 5.13. The van der Waals surface area contributed by atoms with Gasteiger partial charge in [0.2, 0.25) is 0 Å². The Bertz CT molecular complexity index is 932. The molecule has 0 saturated heterocycles. The van der Waals surface area contributed by atoms with Crippen LogP contribution in [0.4, 0.5) is 0 Å². The van der Waals surface area contributed by atoms with Crippen LogP contribution in [-0.4, -0.2) is 0 Å². The lowest BCUT2D eigenvalue weighted by Gasteiger charge is -2.15. The summed E-state index contributed by atoms with van der Waals surface area (Å²) in [6, 6.07) is 9.82. The molecule has 1 aromatic heterocycles. The second-order valence-electron chi connectivity index (χ2n) is 5.96. The third-order valence-corrected chi connectivity index (χ3v) is 4.78. The standard InChI is InChI=1S/C20H20O2/c1-11-12(2)14(4)20-17(13(11)3)18(21)15(5)19(22-20)16-9-7-6-8-10-16/h6-10H,1-5H3. The first-order valence-corrected chi connectivity index (χ1v) is 7.52. The molecule has 112 valence electrons. The molecule has 2 aromatic carbocycles. The van der Waals surface area contributed by atoms with Crippen molar-refractivity contribution in [2.75, 3.05) is 0 Å². The first-order valence-electron chi connectivity index (χ1n) is 7.52. The summed E-state index contributed by atoms with van der Waals surface area (Å²) in [4.78, 5) is 12.9. The van der Waals surface area contributed by atoms with Crippen molar-refractivity contribution in [3.8, 4) is 11.3 Å². The quantitative estimate of drug-likeness (QED) is 0.631. The van der Waals surface area contributed by atoms with Crippen molar-refractivity contribution in [1.82, 2.24) is 0 Å². The van der Waals surface area contributed by atoms with Gasteiger partial charge in [-0.2, -0.15) is 0 Å². The largest absolute Gasteiger partial charge is 0.455 e. The maximum absolute atomic E-state index is 12.9. The van der Waals surface area contributed by atoms with E-state index in [2.05, 4.69) is 13.8 Å². The Balaban J connectivity index is 2.51. The van der Waals surface area contributed by atoms with Gasteiger partial charge in [0, 0.05) is 11.1 Å². The number of hydrogen-bond acceptors (Lipinski definition) is 2. The summed E-state index contributed by atoms with van der Waals surface area (Å²) in [5.74, 6) is 0.670. The van der Waals surface area contributed by atoms with E-state index in [4.69, 9.17) is 4.42 Å². The Labute approximate surface area is 130 Å². The lowest BCUT2D eigenvalue weighted by molar-refractivity contribution is 0.610. The molecular formula is C20H20O2. The van der Waals surface area contributed by atoms with Crippen LogP contribution in [0, 0.1) is 34.6 Å². The highest BCUT2D eigenvalue weighted by atomic mass is 16.3. The lowest BCUT2D eigenvalue weighted by atomic mass is 9.93. The molecule has 3 rings (SSSR count). The van der Waals surface area contributed by atoms with Crippen molar-refractivity contribution in [3.05, 3.63) is 68.4 Å². The second-order valence-corrected chi connectivity index (χ2v) is 5.96. The highest BCUT2D eigenvalue weighted by molar-refractivity contribution is 5.88. The van der Waals surface area contributed by atoms with Crippen molar-refractivity contribution in [3.63, 3.8) is 0 Å². The van der Waals surface area contributed by atoms with Gasteiger partial charge in [0.05, 0.1) is 5.39 Å². The van der Waals surface area contributed by atoms with Crippen LogP contribution in [0.25, 0.3) is 22.3 Å². The summed E-state index contributed by atoms with van der Waals surface area (Å²) < 4.78 is 6.21. The number of fused-ring (bicyclic) bond motifs is 1. The molecule has 0 aliphatic heterocycles. The third-order valence-electron chi connectivity index (χ3n) is 4.78. The van der Waals surface area contributed by atoms with Crippen LogP contribution in [0.2, 0.25) is 0 Å². The smallest absolute Gasteiger partial charge is 0.196 e. The summed E-state index contributed by atoms with van der Waals surface area (Å²) in [7, 11) is 0. The van der Waals surface area contributed by atoms with Crippen LogP contribution >= 0.6 is 0 Å². The SMILES string of the molecule is Cc1c(C)c(C)c2c(=O)c(C)c(-c3ccccc3)oc2c1C. The van der Waals surface area contributed by atoms with E-state index >= 15 is 0 Å². The topological polar surface area (TPSA) is 30.2 Å². The van der Waals surface area contributed by atoms with Crippen molar-refractivity contribution in [2.24, 2.45) is 0 Å². The van der Waals surface area contributed by atoms with Gasteiger partial charge < -0.3 is 4.42 Å². The highest BCUT2D eigenvalue weighted by Crippen LogP contribution is 2.31. The highest BCUT2D eigenvalue weighted by Gasteiger charge is 2.18. The molecule has 22 heavy (non-hydrogen) atoms. The monoisotopic (exact) mass is 292 g/mol. The summed E-state index contributed by atoms with van der Waals surface area (Å²) >= 11 is 0. The first-order chi connectivity index (χ1) is 10.4. The van der Waals surface area contributed by atoms with Crippen molar-refractivity contribution in [2.45, 2.75) is 34.6 Å². The molecule has 0 N–H and O–H groups in total. The Morgan fingerprint density at radius 1 is 0.727 bits per heavy atom. The molecule has 0 fully saturated rings. The van der Waals surface area contributed by atoms with E-state index in [9.17, 15) is 4.79 Å². The van der Waals surface area contributed by atoms with Gasteiger partial charge in [-0.3, -0.25) is 4.79 Å². The Morgan fingerprint density at radius 3 is 1.95 bits per heavy atom. The van der Waals surface area contributed by atoms with Gasteiger partial charge in [0.15, 0.2) is 5.43 Å². The van der Waals surface area contributed by atoms with Crippen LogP contribution in [-0.2, 0) is 0 Å². The zero-order chi connectivity index (χ0) is 16.0. The van der Waals surface area contributed by atoms with Gasteiger partial charge in [-0.15, -0.1) is 0 Å². The summed E-state index contributed by atoms with van der Waals surface area (Å²) in [6.45, 7) is 10.0. The minimum absolute atomic E-state index is 0.0730. The molecule has 0 aliphatic rings. The summed E-state index contributed by atoms with van der Waals surface area (Å²) in [5.41, 5.74) is 6.83. The van der Waals surface area contributed by atoms with Crippen LogP contribution in [0.5, 0.6) is 0 Å². The molecule has 2 heteroatoms. The fraction of sp³-hybridized carbons (Fsp3) is 0.250. The predicted octanol–water partition coefficient (Wildman–Crippen LogP) is 5.00. The zero-order valence-corrected chi connectivity index (χ0v) is 13.7. The maximum Gasteiger partial charge on any atom is 0.196 e. The Kier molecular flexibility index (Phi) is 3.40. The van der Waals surface area contributed by atoms with Crippen molar-refractivity contribution < 1.29 is 4.42 Å². The van der Waals surface area contributed by atoms with Gasteiger partial charge in [-0.25, -0.2) is 0 Å². The number of rotatable bonds is 1. The van der Waals surface area contributed by atoms with E-state index in [1.165, 1.54) is 11.1 Å². The minimum atomic E-state index is 0.0730. The number of aryl methyl sites for hydroxylation is 2. The van der Waals surface area contributed by atoms with Crippen molar-refractivity contribution in [1.29, 1.82) is 0 Å². The average molecular weight is 292 g/mol. The van der Waals surface area contributed by atoms with Gasteiger partial charge in [-0.05, 0) is 56.9 Å². The van der Waals surface area contributed by atoms with E-state index in [0.29, 0.717) is 11.3 Å². The molecule has 0 amide bonds. The van der Waals surface area contributed by atoms with Gasteiger partial charge in [0.1, 0.15) is 11.3 Å². The van der Waals surface area contributed by atoms with E-state index in [1.54, 1.807) is 0 Å². The number of benzene rings is 2. The van der Waals surface area contributed by atoms with Crippen LogP contribution in [0.3, 0.4) is 0 Å². The van der Waals surface area contributed by atoms with E-state index in [-0.39, 0.29) is 5.43 Å². The van der Waals surface area contributed by atoms with Gasteiger partial charge in [0.25, 0.3) is 0 Å². The molecule has 0 bridgehead atoms. The normalized spacial score (nSPS) is 11.1. The fourth-order valence-corrected chi connectivity index (χ4v) is 3.01. The first kappa shape index (κ1) is 14.6. The predicted molar refractivity (Wildman–Crippen MR) is 91.6 cm³/mol. The van der Waals surface area contributed by atoms with Gasteiger partial charge >= 0.3 is 0 Å². The van der Waals surface area contributed by atoms with Gasteiger partial charge in [-0.1, -0.05) is 30.3 Å². The van der Waals surface area contributed by atoms with E-state index < -0.39 is 0 Å². The number of hydrogen-bond donors (Lipinski definition) is 0. The lowest BCUT2D eigenvalue weighted by Crippen LogP contribution is -2.11. The molecule has 2 nitrogen and oxygen atoms in total. The van der Waals surface area contributed by atoms with E-state index in [1.807, 2.05) is 51.1 Å². The molecule has 0 atom stereocenters. The summed E-state index contributed by atoms with van der Waals surface area (Å²) in [5, 5.41) is 0.720. The molecule has 0 aliphatic carbocycles. The molecular weight excluding hydrogens is 272 g/mol. The molecule has 3 aromatic rings. The Hall–Kier alpha value is -2.35. The van der Waals surface area contributed by atoms with E-state index in [0.717, 1.165) is 27.7 Å². The van der Waals surface area contributed by atoms with Crippen molar-refractivity contribution >= 4 is 11.0 Å². The maximum atomic E-state index is 12.9. The zero-order valence-electron chi connectivity index (χ0n) is 13.7. The molecule has 0 unspecified atom stereocenters. The van der Waals surface area contributed by atoms with Crippen LogP contribution in [0.1, 0.15) is 27.8 Å². The molecule has 0 spiro atoms. The average Bonchev–Trinajstić information content (AvgIpc) is 2.54.